The first-order chi connectivity index (χ1) is 9.10. The number of rotatable bonds is 4. The Kier molecular flexibility index (Phi) is 3.90. The topological polar surface area (TPSA) is 39.2 Å². The quantitative estimate of drug-likeness (QED) is 0.789. The van der Waals surface area contributed by atoms with Gasteiger partial charge in [-0.25, -0.2) is 4.39 Å². The third-order valence-corrected chi connectivity index (χ3v) is 2.54. The first-order valence-corrected chi connectivity index (χ1v) is 5.97. The summed E-state index contributed by atoms with van der Waals surface area (Å²) in [6, 6.07) is 5.78. The standard InChI is InChI=1S/C15H14FNO2/c1-10(2)19-14-5-12(7-17-8-14)15-6-13(16)4-3-11(15)9-18/h3-10H,1-2H3. The molecule has 3 nitrogen and oxygen atoms in total. The summed E-state index contributed by atoms with van der Waals surface area (Å²) in [5.41, 5.74) is 1.58. The number of aromatic nitrogens is 1. The van der Waals surface area contributed by atoms with Gasteiger partial charge in [-0.15, -0.1) is 0 Å². The van der Waals surface area contributed by atoms with Gasteiger partial charge in [0.05, 0.1) is 12.3 Å². The maximum Gasteiger partial charge on any atom is 0.150 e. The lowest BCUT2D eigenvalue weighted by molar-refractivity contribution is 0.112. The van der Waals surface area contributed by atoms with E-state index in [0.29, 0.717) is 28.7 Å². The summed E-state index contributed by atoms with van der Waals surface area (Å²) >= 11 is 0. The fraction of sp³-hybridized carbons (Fsp3) is 0.200. The number of hydrogen-bond acceptors (Lipinski definition) is 3. The Morgan fingerprint density at radius 3 is 2.74 bits per heavy atom. The molecule has 2 aromatic rings. The number of nitrogens with zero attached hydrogens (tertiary/aromatic N) is 1. The van der Waals surface area contributed by atoms with Crippen LogP contribution in [0.1, 0.15) is 24.2 Å². The van der Waals surface area contributed by atoms with Gasteiger partial charge in [-0.3, -0.25) is 9.78 Å². The predicted molar refractivity (Wildman–Crippen MR) is 70.8 cm³/mol. The molecule has 0 N–H and O–H groups in total. The normalized spacial score (nSPS) is 10.5. The van der Waals surface area contributed by atoms with Gasteiger partial charge >= 0.3 is 0 Å². The summed E-state index contributed by atoms with van der Waals surface area (Å²) in [4.78, 5) is 15.1. The Labute approximate surface area is 111 Å². The zero-order valence-electron chi connectivity index (χ0n) is 10.8. The zero-order valence-corrected chi connectivity index (χ0v) is 10.8. The average molecular weight is 259 g/mol. The van der Waals surface area contributed by atoms with Crippen molar-refractivity contribution in [2.45, 2.75) is 20.0 Å². The average Bonchev–Trinajstić information content (AvgIpc) is 2.38. The molecule has 0 amide bonds. The molecule has 0 aliphatic heterocycles. The minimum Gasteiger partial charge on any atom is -0.489 e. The van der Waals surface area contributed by atoms with E-state index < -0.39 is 5.82 Å². The lowest BCUT2D eigenvalue weighted by Crippen LogP contribution is -2.05. The number of hydrogen-bond donors (Lipinski definition) is 0. The molecule has 0 fully saturated rings. The summed E-state index contributed by atoms with van der Waals surface area (Å²) in [6.07, 6.45) is 3.89. The maximum atomic E-state index is 13.3. The summed E-state index contributed by atoms with van der Waals surface area (Å²) in [5, 5.41) is 0. The van der Waals surface area contributed by atoms with Gasteiger partial charge in [0, 0.05) is 17.3 Å². The molecular weight excluding hydrogens is 245 g/mol. The minimum absolute atomic E-state index is 0.0232. The molecule has 98 valence electrons. The number of benzene rings is 1. The van der Waals surface area contributed by atoms with Gasteiger partial charge in [-0.1, -0.05) is 0 Å². The van der Waals surface area contributed by atoms with E-state index in [4.69, 9.17) is 4.74 Å². The number of carbonyl (C=O) groups excluding carboxylic acids is 1. The molecule has 0 saturated carbocycles. The Hall–Kier alpha value is -2.23. The summed E-state index contributed by atoms with van der Waals surface area (Å²) in [5.74, 6) is 0.199. The predicted octanol–water partition coefficient (Wildman–Crippen LogP) is 3.49. The smallest absolute Gasteiger partial charge is 0.150 e. The molecule has 0 bridgehead atoms. The Morgan fingerprint density at radius 2 is 2.05 bits per heavy atom. The van der Waals surface area contributed by atoms with Crippen molar-refractivity contribution in [3.05, 3.63) is 48.0 Å². The van der Waals surface area contributed by atoms with Crippen LogP contribution in [0.5, 0.6) is 5.75 Å². The van der Waals surface area contributed by atoms with Crippen molar-refractivity contribution in [1.82, 2.24) is 4.98 Å². The van der Waals surface area contributed by atoms with Crippen LogP contribution in [0.15, 0.2) is 36.7 Å². The summed E-state index contributed by atoms with van der Waals surface area (Å²) < 4.78 is 18.8. The van der Waals surface area contributed by atoms with Gasteiger partial charge in [0.1, 0.15) is 11.6 Å². The van der Waals surface area contributed by atoms with Crippen LogP contribution in [-0.2, 0) is 0 Å². The fourth-order valence-electron chi connectivity index (χ4n) is 1.78. The molecular formula is C15H14FNO2. The Morgan fingerprint density at radius 1 is 1.26 bits per heavy atom. The van der Waals surface area contributed by atoms with E-state index >= 15 is 0 Å². The van der Waals surface area contributed by atoms with Crippen LogP contribution in [0.4, 0.5) is 4.39 Å². The molecule has 0 spiro atoms. The molecule has 0 aliphatic rings. The summed E-state index contributed by atoms with van der Waals surface area (Å²) in [6.45, 7) is 3.82. The second kappa shape index (κ2) is 5.61. The van der Waals surface area contributed by atoms with Crippen LogP contribution in [0.2, 0.25) is 0 Å². The third kappa shape index (κ3) is 3.16. The van der Waals surface area contributed by atoms with Gasteiger partial charge in [-0.05, 0) is 43.7 Å². The van der Waals surface area contributed by atoms with E-state index in [1.54, 1.807) is 18.5 Å². The van der Waals surface area contributed by atoms with Crippen LogP contribution in [0.3, 0.4) is 0 Å². The van der Waals surface area contributed by atoms with Crippen LogP contribution in [-0.4, -0.2) is 17.4 Å². The van der Waals surface area contributed by atoms with Gasteiger partial charge in [-0.2, -0.15) is 0 Å². The lowest BCUT2D eigenvalue weighted by Gasteiger charge is -2.11. The molecule has 2 rings (SSSR count). The van der Waals surface area contributed by atoms with Gasteiger partial charge in [0.25, 0.3) is 0 Å². The van der Waals surface area contributed by atoms with Crippen molar-refractivity contribution < 1.29 is 13.9 Å². The third-order valence-electron chi connectivity index (χ3n) is 2.54. The van der Waals surface area contributed by atoms with E-state index in [-0.39, 0.29) is 6.10 Å². The highest BCUT2D eigenvalue weighted by molar-refractivity contribution is 5.87. The van der Waals surface area contributed by atoms with Crippen LogP contribution >= 0.6 is 0 Å². The summed E-state index contributed by atoms with van der Waals surface area (Å²) in [7, 11) is 0. The van der Waals surface area contributed by atoms with Crippen molar-refractivity contribution in [3.63, 3.8) is 0 Å². The second-order valence-corrected chi connectivity index (χ2v) is 4.43. The van der Waals surface area contributed by atoms with Crippen molar-refractivity contribution in [3.8, 4) is 16.9 Å². The highest BCUT2D eigenvalue weighted by Gasteiger charge is 2.08. The second-order valence-electron chi connectivity index (χ2n) is 4.43. The first-order valence-electron chi connectivity index (χ1n) is 5.97. The monoisotopic (exact) mass is 259 g/mol. The van der Waals surface area contributed by atoms with Crippen molar-refractivity contribution in [2.75, 3.05) is 0 Å². The molecule has 1 heterocycles. The van der Waals surface area contributed by atoms with E-state index in [9.17, 15) is 9.18 Å². The van der Waals surface area contributed by atoms with Crippen molar-refractivity contribution in [2.24, 2.45) is 0 Å². The molecule has 4 heteroatoms. The van der Waals surface area contributed by atoms with Crippen molar-refractivity contribution in [1.29, 1.82) is 0 Å². The lowest BCUT2D eigenvalue weighted by atomic mass is 10.0. The van der Waals surface area contributed by atoms with Gasteiger partial charge in [0.2, 0.25) is 0 Å². The maximum absolute atomic E-state index is 13.3. The molecule has 0 saturated heterocycles. The number of pyridine rings is 1. The highest BCUT2D eigenvalue weighted by Crippen LogP contribution is 2.26. The number of carbonyl (C=O) groups is 1. The molecule has 1 aromatic carbocycles. The number of halogens is 1. The Balaban J connectivity index is 2.46. The van der Waals surface area contributed by atoms with Crippen LogP contribution < -0.4 is 4.74 Å². The number of ether oxygens (including phenoxy) is 1. The van der Waals surface area contributed by atoms with E-state index in [2.05, 4.69) is 4.98 Å². The van der Waals surface area contributed by atoms with E-state index in [1.165, 1.54) is 18.2 Å². The van der Waals surface area contributed by atoms with Gasteiger partial charge < -0.3 is 4.74 Å². The number of aldehydes is 1. The zero-order chi connectivity index (χ0) is 13.8. The molecule has 0 atom stereocenters. The highest BCUT2D eigenvalue weighted by atomic mass is 19.1. The van der Waals surface area contributed by atoms with Gasteiger partial charge in [0.15, 0.2) is 6.29 Å². The largest absolute Gasteiger partial charge is 0.489 e. The first kappa shape index (κ1) is 13.2. The van der Waals surface area contributed by atoms with E-state index in [1.807, 2.05) is 13.8 Å². The molecule has 0 unspecified atom stereocenters. The SMILES string of the molecule is CC(C)Oc1cncc(-c2cc(F)ccc2C=O)c1. The van der Waals surface area contributed by atoms with Crippen LogP contribution in [0, 0.1) is 5.82 Å². The van der Waals surface area contributed by atoms with E-state index in [0.717, 1.165) is 0 Å². The fourth-order valence-corrected chi connectivity index (χ4v) is 1.78. The van der Waals surface area contributed by atoms with Crippen molar-refractivity contribution >= 4 is 6.29 Å². The molecule has 0 aliphatic carbocycles. The molecule has 19 heavy (non-hydrogen) atoms. The molecule has 0 radical (unpaired) electrons. The molecule has 1 aromatic heterocycles. The van der Waals surface area contributed by atoms with Crippen LogP contribution in [0.25, 0.3) is 11.1 Å². The minimum atomic E-state index is -0.393. The Bertz CT molecular complexity index is 596.